The third-order valence-corrected chi connectivity index (χ3v) is 2.82. The van der Waals surface area contributed by atoms with Gasteiger partial charge in [0, 0.05) is 13.1 Å². The van der Waals surface area contributed by atoms with Crippen molar-refractivity contribution in [3.05, 3.63) is 0 Å². The second-order valence-corrected chi connectivity index (χ2v) is 4.36. The molecule has 2 N–H and O–H groups in total. The molecule has 18 heavy (non-hydrogen) atoms. The molecular weight excluding hydrogens is 238 g/mol. The molecule has 0 saturated carbocycles. The average molecular weight is 261 g/mol. The van der Waals surface area contributed by atoms with Crippen molar-refractivity contribution in [1.82, 2.24) is 4.90 Å². The second kappa shape index (κ2) is 9.02. The molecule has 0 aromatic carbocycles. The fourth-order valence-electron chi connectivity index (χ4n) is 1.48. The first kappa shape index (κ1) is 17.0. The van der Waals surface area contributed by atoms with Crippen molar-refractivity contribution >= 4 is 11.8 Å². The predicted octanol–water partition coefficient (Wildman–Crippen LogP) is -0.00450. The number of carboxylic acid groups (broad SMARTS) is 1. The molecule has 2 atom stereocenters. The number of hydrogen-bond donors (Lipinski definition) is 2. The van der Waals surface area contributed by atoms with Crippen LogP contribution >= 0.6 is 0 Å². The third kappa shape index (κ3) is 6.68. The summed E-state index contributed by atoms with van der Waals surface area (Å²) in [6.45, 7) is 6.18. The summed E-state index contributed by atoms with van der Waals surface area (Å²) in [5, 5.41) is 17.5. The van der Waals surface area contributed by atoms with Crippen LogP contribution in [0, 0.1) is 5.92 Å². The first-order chi connectivity index (χ1) is 8.40. The first-order valence-corrected chi connectivity index (χ1v) is 6.06. The predicted molar refractivity (Wildman–Crippen MR) is 66.4 cm³/mol. The highest BCUT2D eigenvalue weighted by atomic mass is 16.5. The number of ether oxygens (including phenoxy) is 1. The molecule has 0 radical (unpaired) electrons. The van der Waals surface area contributed by atoms with Gasteiger partial charge < -0.3 is 14.9 Å². The van der Waals surface area contributed by atoms with E-state index < -0.39 is 11.9 Å². The van der Waals surface area contributed by atoms with Gasteiger partial charge in [-0.2, -0.15) is 0 Å². The second-order valence-electron chi connectivity index (χ2n) is 4.36. The first-order valence-electron chi connectivity index (χ1n) is 6.06. The van der Waals surface area contributed by atoms with Gasteiger partial charge in [-0.05, 0) is 13.8 Å². The third-order valence-electron chi connectivity index (χ3n) is 2.82. The van der Waals surface area contributed by atoms with Crippen LogP contribution in [0.1, 0.15) is 20.8 Å². The fourth-order valence-corrected chi connectivity index (χ4v) is 1.48. The van der Waals surface area contributed by atoms with Gasteiger partial charge in [-0.3, -0.25) is 14.5 Å². The molecule has 106 valence electrons. The lowest BCUT2D eigenvalue weighted by molar-refractivity contribution is -0.142. The quantitative estimate of drug-likeness (QED) is 0.538. The van der Waals surface area contributed by atoms with E-state index in [0.717, 1.165) is 0 Å². The van der Waals surface area contributed by atoms with Crippen LogP contribution < -0.4 is 0 Å². The Balaban J connectivity index is 4.33. The molecule has 0 amide bonds. The van der Waals surface area contributed by atoms with Crippen LogP contribution in [0.4, 0.5) is 0 Å². The molecular formula is C12H23NO5. The number of nitrogens with zero attached hydrogens (tertiary/aromatic N) is 1. The minimum absolute atomic E-state index is 0.00486. The number of rotatable bonds is 10. The van der Waals surface area contributed by atoms with Gasteiger partial charge >= 0.3 is 5.97 Å². The summed E-state index contributed by atoms with van der Waals surface area (Å²) < 4.78 is 5.13. The molecule has 0 aliphatic heterocycles. The Morgan fingerprint density at radius 1 is 1.28 bits per heavy atom. The summed E-state index contributed by atoms with van der Waals surface area (Å²) in [5.74, 6) is -1.42. The topological polar surface area (TPSA) is 87.1 Å². The number of ketones is 1. The van der Waals surface area contributed by atoms with Crippen molar-refractivity contribution in [2.45, 2.75) is 26.8 Å². The van der Waals surface area contributed by atoms with E-state index >= 15 is 0 Å². The van der Waals surface area contributed by atoms with E-state index in [-0.39, 0.29) is 25.0 Å². The highest BCUT2D eigenvalue weighted by Crippen LogP contribution is 2.06. The fraction of sp³-hybridized carbons (Fsp3) is 0.833. The van der Waals surface area contributed by atoms with Gasteiger partial charge in [-0.25, -0.2) is 0 Å². The Hall–Kier alpha value is -0.980. The molecule has 0 fully saturated rings. The summed E-state index contributed by atoms with van der Waals surface area (Å²) in [4.78, 5) is 24.0. The van der Waals surface area contributed by atoms with Crippen LogP contribution in [0.5, 0.6) is 0 Å². The zero-order chi connectivity index (χ0) is 14.1. The smallest absolute Gasteiger partial charge is 0.307 e. The van der Waals surface area contributed by atoms with Gasteiger partial charge in [0.1, 0.15) is 5.78 Å². The Morgan fingerprint density at radius 2 is 1.89 bits per heavy atom. The Labute approximate surface area is 108 Å². The number of aliphatic hydroxyl groups excluding tert-OH is 1. The molecule has 0 rings (SSSR count). The number of carbonyl (C=O) groups excluding carboxylic acids is 1. The number of aliphatic hydroxyl groups is 1. The number of carbonyl (C=O) groups is 2. The summed E-state index contributed by atoms with van der Waals surface area (Å²) >= 11 is 0. The van der Waals surface area contributed by atoms with E-state index in [2.05, 4.69) is 0 Å². The van der Waals surface area contributed by atoms with Gasteiger partial charge in [0.25, 0.3) is 0 Å². The molecule has 0 saturated heterocycles. The lowest BCUT2D eigenvalue weighted by Crippen LogP contribution is -2.43. The maximum absolute atomic E-state index is 11.4. The summed E-state index contributed by atoms with van der Waals surface area (Å²) in [5.41, 5.74) is 0. The van der Waals surface area contributed by atoms with Crippen molar-refractivity contribution in [3.63, 3.8) is 0 Å². The van der Waals surface area contributed by atoms with Gasteiger partial charge in [0.05, 0.1) is 31.8 Å². The molecule has 0 aromatic heterocycles. The van der Waals surface area contributed by atoms with Crippen LogP contribution in [0.25, 0.3) is 0 Å². The zero-order valence-corrected chi connectivity index (χ0v) is 11.3. The minimum Gasteiger partial charge on any atom is -0.481 e. The number of carboxylic acids is 1. The summed E-state index contributed by atoms with van der Waals surface area (Å²) in [7, 11) is 0. The molecule has 6 heteroatoms. The van der Waals surface area contributed by atoms with Crippen molar-refractivity contribution < 1.29 is 24.5 Å². The molecule has 0 aromatic rings. The number of Topliss-reactive ketones (excluding diaryl/α,β-unsaturated/α-hetero) is 1. The molecule has 0 spiro atoms. The maximum atomic E-state index is 11.4. The zero-order valence-electron chi connectivity index (χ0n) is 11.3. The van der Waals surface area contributed by atoms with Gasteiger partial charge in [-0.15, -0.1) is 0 Å². The van der Waals surface area contributed by atoms with E-state index in [0.29, 0.717) is 19.7 Å². The van der Waals surface area contributed by atoms with Crippen LogP contribution in [0.3, 0.4) is 0 Å². The van der Waals surface area contributed by atoms with Crippen molar-refractivity contribution in [2.75, 3.05) is 32.9 Å². The molecule has 0 bridgehead atoms. The van der Waals surface area contributed by atoms with Crippen molar-refractivity contribution in [1.29, 1.82) is 0 Å². The number of aliphatic carboxylic acids is 1. The Bertz CT molecular complexity index is 269. The van der Waals surface area contributed by atoms with Gasteiger partial charge in [-0.1, -0.05) is 6.92 Å². The van der Waals surface area contributed by atoms with Gasteiger partial charge in [0.2, 0.25) is 0 Å². The molecule has 0 aliphatic rings. The van der Waals surface area contributed by atoms with Crippen LogP contribution in [-0.2, 0) is 14.3 Å². The molecule has 0 aliphatic carbocycles. The van der Waals surface area contributed by atoms with E-state index in [1.165, 1.54) is 6.92 Å². The SMILES string of the molecule is CC(=O)C(C)N(CCOCCO)CC(C)C(=O)O. The van der Waals surface area contributed by atoms with Gasteiger partial charge in [0.15, 0.2) is 0 Å². The monoisotopic (exact) mass is 261 g/mol. The lowest BCUT2D eigenvalue weighted by Gasteiger charge is -2.28. The normalized spacial score (nSPS) is 14.5. The molecule has 6 nitrogen and oxygen atoms in total. The highest BCUT2D eigenvalue weighted by Gasteiger charge is 2.22. The van der Waals surface area contributed by atoms with Crippen molar-refractivity contribution in [3.8, 4) is 0 Å². The Kier molecular flexibility index (Phi) is 8.53. The van der Waals surface area contributed by atoms with Crippen molar-refractivity contribution in [2.24, 2.45) is 5.92 Å². The van der Waals surface area contributed by atoms with Crippen LogP contribution in [0.2, 0.25) is 0 Å². The van der Waals surface area contributed by atoms with Crippen LogP contribution in [0.15, 0.2) is 0 Å². The minimum atomic E-state index is -0.882. The van der Waals surface area contributed by atoms with Crippen LogP contribution in [-0.4, -0.2) is 65.8 Å². The Morgan fingerprint density at radius 3 is 2.33 bits per heavy atom. The number of hydrogen-bond acceptors (Lipinski definition) is 5. The highest BCUT2D eigenvalue weighted by molar-refractivity contribution is 5.81. The average Bonchev–Trinajstić information content (AvgIpc) is 2.31. The van der Waals surface area contributed by atoms with E-state index in [9.17, 15) is 9.59 Å². The molecule has 2 unspecified atom stereocenters. The summed E-state index contributed by atoms with van der Waals surface area (Å²) in [6, 6.07) is -0.329. The van der Waals surface area contributed by atoms with E-state index in [1.54, 1.807) is 18.7 Å². The largest absolute Gasteiger partial charge is 0.481 e. The standard InChI is InChI=1S/C12H23NO5/c1-9(12(16)17)8-13(10(2)11(3)15)4-6-18-7-5-14/h9-10,14H,4-8H2,1-3H3,(H,16,17). The maximum Gasteiger partial charge on any atom is 0.307 e. The lowest BCUT2D eigenvalue weighted by atomic mass is 10.1. The van der Waals surface area contributed by atoms with E-state index in [4.69, 9.17) is 14.9 Å². The molecule has 0 heterocycles. The van der Waals surface area contributed by atoms with E-state index in [1.807, 2.05) is 0 Å². The summed E-state index contributed by atoms with van der Waals surface area (Å²) in [6.07, 6.45) is 0.